The van der Waals surface area contributed by atoms with Gasteiger partial charge in [0.05, 0.1) is 6.61 Å². The summed E-state index contributed by atoms with van der Waals surface area (Å²) in [7, 11) is 0. The highest BCUT2D eigenvalue weighted by Crippen LogP contribution is 2.29. The van der Waals surface area contributed by atoms with E-state index in [1.165, 1.54) is 25.7 Å². The van der Waals surface area contributed by atoms with Crippen LogP contribution in [-0.4, -0.2) is 36.2 Å². The van der Waals surface area contributed by atoms with Crippen LogP contribution in [0.4, 0.5) is 0 Å². The van der Waals surface area contributed by atoms with Crippen LogP contribution >= 0.6 is 11.8 Å². The molecule has 0 saturated heterocycles. The normalized spacial score (nSPS) is 18.2. The molecule has 0 aromatic heterocycles. The quantitative estimate of drug-likeness (QED) is 0.680. The van der Waals surface area contributed by atoms with Gasteiger partial charge in [0.15, 0.2) is 0 Å². The van der Waals surface area contributed by atoms with Crippen molar-refractivity contribution in [2.45, 2.75) is 57.2 Å². The van der Waals surface area contributed by atoms with Crippen LogP contribution in [0.3, 0.4) is 0 Å². The minimum atomic E-state index is -0.125. The third kappa shape index (κ3) is 5.77. The van der Waals surface area contributed by atoms with Gasteiger partial charge in [0.1, 0.15) is 6.04 Å². The average molecular weight is 259 g/mol. The fourth-order valence-corrected chi connectivity index (χ4v) is 3.44. The van der Waals surface area contributed by atoms with Gasteiger partial charge in [0.25, 0.3) is 0 Å². The maximum absolute atomic E-state index is 11.8. The maximum Gasteiger partial charge on any atom is 0.323 e. The smallest absolute Gasteiger partial charge is 0.323 e. The molecule has 1 saturated carbocycles. The summed E-state index contributed by atoms with van der Waals surface area (Å²) in [6, 6.07) is -0.125. The molecule has 1 aliphatic carbocycles. The van der Waals surface area contributed by atoms with Gasteiger partial charge < -0.3 is 10.1 Å². The van der Waals surface area contributed by atoms with Crippen molar-refractivity contribution in [1.29, 1.82) is 0 Å². The van der Waals surface area contributed by atoms with Crippen molar-refractivity contribution in [2.24, 2.45) is 0 Å². The van der Waals surface area contributed by atoms with Crippen molar-refractivity contribution in [3.05, 3.63) is 0 Å². The van der Waals surface area contributed by atoms with Gasteiger partial charge in [-0.15, -0.1) is 0 Å². The van der Waals surface area contributed by atoms with Crippen molar-refractivity contribution in [2.75, 3.05) is 18.9 Å². The monoisotopic (exact) mass is 259 g/mol. The van der Waals surface area contributed by atoms with Crippen molar-refractivity contribution < 1.29 is 9.53 Å². The lowest BCUT2D eigenvalue weighted by atomic mass is 10.3. The SMILES string of the molecule is CCCNC(CSC1CCCC1)C(=O)OCC. The Morgan fingerprint density at radius 3 is 2.71 bits per heavy atom. The lowest BCUT2D eigenvalue weighted by Crippen LogP contribution is -2.40. The highest BCUT2D eigenvalue weighted by Gasteiger charge is 2.22. The molecule has 1 N–H and O–H groups in total. The highest BCUT2D eigenvalue weighted by molar-refractivity contribution is 8.00. The summed E-state index contributed by atoms with van der Waals surface area (Å²) in [6.45, 7) is 5.32. The first-order valence-electron chi connectivity index (χ1n) is 6.79. The second-order valence-electron chi connectivity index (χ2n) is 4.50. The zero-order chi connectivity index (χ0) is 12.5. The Bertz CT molecular complexity index is 217. The molecular formula is C13H25NO2S. The van der Waals surface area contributed by atoms with Gasteiger partial charge in [0.2, 0.25) is 0 Å². The molecule has 0 radical (unpaired) electrons. The zero-order valence-corrected chi connectivity index (χ0v) is 11.9. The lowest BCUT2D eigenvalue weighted by Gasteiger charge is -2.18. The summed E-state index contributed by atoms with van der Waals surface area (Å²) in [4.78, 5) is 11.8. The summed E-state index contributed by atoms with van der Waals surface area (Å²) in [5.74, 6) is 0.759. The van der Waals surface area contributed by atoms with Gasteiger partial charge in [-0.2, -0.15) is 11.8 Å². The molecule has 0 bridgehead atoms. The molecule has 100 valence electrons. The summed E-state index contributed by atoms with van der Waals surface area (Å²) < 4.78 is 5.10. The molecule has 0 spiro atoms. The zero-order valence-electron chi connectivity index (χ0n) is 11.0. The van der Waals surface area contributed by atoms with Crippen molar-refractivity contribution in [1.82, 2.24) is 5.32 Å². The first kappa shape index (κ1) is 14.8. The van der Waals surface area contributed by atoms with Gasteiger partial charge in [-0.1, -0.05) is 19.8 Å². The largest absolute Gasteiger partial charge is 0.465 e. The van der Waals surface area contributed by atoms with E-state index in [0.29, 0.717) is 6.61 Å². The van der Waals surface area contributed by atoms with Crippen LogP contribution in [0.5, 0.6) is 0 Å². The van der Waals surface area contributed by atoms with Gasteiger partial charge in [-0.25, -0.2) is 0 Å². The van der Waals surface area contributed by atoms with E-state index in [4.69, 9.17) is 4.74 Å². The number of nitrogens with one attached hydrogen (secondary N) is 1. The molecule has 1 unspecified atom stereocenters. The molecule has 0 heterocycles. The summed E-state index contributed by atoms with van der Waals surface area (Å²) in [5, 5.41) is 4.04. The molecule has 0 amide bonds. The number of thioether (sulfide) groups is 1. The van der Waals surface area contributed by atoms with Crippen LogP contribution in [0.25, 0.3) is 0 Å². The van der Waals surface area contributed by atoms with Crippen LogP contribution in [0.2, 0.25) is 0 Å². The Kier molecular flexibility index (Phi) is 7.69. The summed E-state index contributed by atoms with van der Waals surface area (Å²) >= 11 is 1.93. The first-order valence-corrected chi connectivity index (χ1v) is 7.84. The molecule has 0 aromatic carbocycles. The number of esters is 1. The van der Waals surface area contributed by atoms with E-state index in [0.717, 1.165) is 24.0 Å². The fourth-order valence-electron chi connectivity index (χ4n) is 2.06. The molecule has 3 nitrogen and oxygen atoms in total. The lowest BCUT2D eigenvalue weighted by molar-refractivity contribution is -0.144. The van der Waals surface area contributed by atoms with Crippen LogP contribution in [0.15, 0.2) is 0 Å². The predicted octanol–water partition coefficient (Wildman–Crippen LogP) is 2.59. The Morgan fingerprint density at radius 2 is 2.12 bits per heavy atom. The van der Waals surface area contributed by atoms with Crippen LogP contribution in [-0.2, 0) is 9.53 Å². The third-order valence-corrected chi connectivity index (χ3v) is 4.48. The predicted molar refractivity (Wildman–Crippen MR) is 73.4 cm³/mol. The van der Waals surface area contributed by atoms with Gasteiger partial charge in [-0.3, -0.25) is 4.79 Å². The van der Waals surface area contributed by atoms with Crippen LogP contribution < -0.4 is 5.32 Å². The summed E-state index contributed by atoms with van der Waals surface area (Å²) in [5.41, 5.74) is 0. The Labute approximate surface area is 109 Å². The minimum Gasteiger partial charge on any atom is -0.465 e. The standard InChI is InChI=1S/C13H25NO2S/c1-3-9-14-12(13(15)16-4-2)10-17-11-7-5-6-8-11/h11-12,14H,3-10H2,1-2H3. The Hall–Kier alpha value is -0.220. The fraction of sp³-hybridized carbons (Fsp3) is 0.923. The van der Waals surface area contributed by atoms with Crippen LogP contribution in [0, 0.1) is 0 Å². The average Bonchev–Trinajstić information content (AvgIpc) is 2.82. The van der Waals surface area contributed by atoms with Crippen LogP contribution in [0.1, 0.15) is 46.0 Å². The van der Waals surface area contributed by atoms with E-state index in [2.05, 4.69) is 12.2 Å². The van der Waals surface area contributed by atoms with E-state index in [1.807, 2.05) is 18.7 Å². The van der Waals surface area contributed by atoms with Crippen molar-refractivity contribution >= 4 is 17.7 Å². The second-order valence-corrected chi connectivity index (χ2v) is 5.83. The molecule has 17 heavy (non-hydrogen) atoms. The molecule has 4 heteroatoms. The van der Waals surface area contributed by atoms with Crippen molar-refractivity contribution in [3.63, 3.8) is 0 Å². The molecule has 0 aromatic rings. The molecule has 1 fully saturated rings. The Balaban J connectivity index is 2.30. The first-order chi connectivity index (χ1) is 8.27. The molecule has 1 aliphatic rings. The van der Waals surface area contributed by atoms with E-state index in [-0.39, 0.29) is 12.0 Å². The van der Waals surface area contributed by atoms with Crippen molar-refractivity contribution in [3.8, 4) is 0 Å². The number of hydrogen-bond acceptors (Lipinski definition) is 4. The molecular weight excluding hydrogens is 234 g/mol. The number of carbonyl (C=O) groups is 1. The molecule has 0 aliphatic heterocycles. The maximum atomic E-state index is 11.8. The summed E-state index contributed by atoms with van der Waals surface area (Å²) in [6.07, 6.45) is 6.38. The number of ether oxygens (including phenoxy) is 1. The number of rotatable bonds is 8. The number of hydrogen-bond donors (Lipinski definition) is 1. The van der Waals surface area contributed by atoms with E-state index in [1.54, 1.807) is 0 Å². The van der Waals surface area contributed by atoms with Gasteiger partial charge >= 0.3 is 5.97 Å². The van der Waals surface area contributed by atoms with Gasteiger partial charge in [0, 0.05) is 11.0 Å². The van der Waals surface area contributed by atoms with E-state index >= 15 is 0 Å². The topological polar surface area (TPSA) is 38.3 Å². The minimum absolute atomic E-state index is 0.0913. The van der Waals surface area contributed by atoms with Gasteiger partial charge in [-0.05, 0) is 32.7 Å². The Morgan fingerprint density at radius 1 is 1.41 bits per heavy atom. The third-order valence-electron chi connectivity index (χ3n) is 3.01. The van der Waals surface area contributed by atoms with E-state index in [9.17, 15) is 4.79 Å². The molecule has 1 atom stereocenters. The highest BCUT2D eigenvalue weighted by atomic mass is 32.2. The second kappa shape index (κ2) is 8.81. The number of carbonyl (C=O) groups excluding carboxylic acids is 1. The van der Waals surface area contributed by atoms with E-state index < -0.39 is 0 Å². The molecule has 1 rings (SSSR count).